The first kappa shape index (κ1) is 53.6. The zero-order chi connectivity index (χ0) is 49.6. The summed E-state index contributed by atoms with van der Waals surface area (Å²) in [5.41, 5.74) is -42.7. The molecule has 4 aromatic rings. The van der Waals surface area contributed by atoms with E-state index in [0.29, 0.717) is 0 Å². The summed E-state index contributed by atoms with van der Waals surface area (Å²) in [6.45, 7) is 10.5. The molecule has 0 radical (unpaired) electrons. The maximum atomic E-state index is 15.0. The Labute approximate surface area is 345 Å². The number of nitrogens with one attached hydrogen (secondary N) is 1. The normalized spacial score (nSPS) is 13.9. The van der Waals surface area contributed by atoms with Crippen LogP contribution in [0.1, 0.15) is 65.3 Å². The second-order valence-corrected chi connectivity index (χ2v) is 13.7. The molecule has 0 spiro atoms. The van der Waals surface area contributed by atoms with Gasteiger partial charge in [-0.25, -0.2) is 0 Å². The third-order valence-electron chi connectivity index (χ3n) is 10.1. The van der Waals surface area contributed by atoms with E-state index in [9.17, 15) is 0 Å². The number of hydrogen-bond acceptors (Lipinski definition) is 0. The van der Waals surface area contributed by atoms with Crippen molar-refractivity contribution < 1.29 is 110 Å². The van der Waals surface area contributed by atoms with Crippen LogP contribution in [0, 0.1) is 0 Å². The third-order valence-corrected chi connectivity index (χ3v) is 10.1. The van der Waals surface area contributed by atoms with Gasteiger partial charge in [0.15, 0.2) is 0 Å². The van der Waals surface area contributed by atoms with Gasteiger partial charge in [-0.15, -0.1) is 0 Å². The van der Waals surface area contributed by atoms with Crippen LogP contribution in [0.2, 0.25) is 0 Å². The summed E-state index contributed by atoms with van der Waals surface area (Å²) in [4.78, 5) is 1.68. The smallest absolute Gasteiger partial charge is 0.336 e. The van der Waals surface area contributed by atoms with Gasteiger partial charge >= 0.3 is 49.4 Å². The molecule has 4 rings (SSSR count). The van der Waals surface area contributed by atoms with E-state index < -0.39 is 195 Å². The molecule has 0 bridgehead atoms. The zero-order valence-corrected chi connectivity index (χ0v) is 32.2. The van der Waals surface area contributed by atoms with Crippen molar-refractivity contribution in [3.05, 3.63) is 117 Å². The number of halogens is 24. The van der Waals surface area contributed by atoms with E-state index in [-0.39, 0.29) is 0 Å². The highest BCUT2D eigenvalue weighted by Crippen LogP contribution is 2.46. The molecular formula is C38H28BF24N. The van der Waals surface area contributed by atoms with Crippen LogP contribution >= 0.6 is 0 Å². The summed E-state index contributed by atoms with van der Waals surface area (Å²) in [7, 11) is 0. The van der Waals surface area contributed by atoms with Gasteiger partial charge in [-0.1, -0.05) is 72.8 Å². The Balaban J connectivity index is 0.00000143. The van der Waals surface area contributed by atoms with Crippen molar-refractivity contribution in [1.29, 1.82) is 0 Å². The molecule has 0 atom stereocenters. The molecular weight excluding hydrogens is 937 g/mol. The zero-order valence-electron chi connectivity index (χ0n) is 32.2. The lowest BCUT2D eigenvalue weighted by atomic mass is 9.10. The molecule has 0 aliphatic heterocycles. The van der Waals surface area contributed by atoms with E-state index in [1.807, 2.05) is 0 Å². The maximum absolute atomic E-state index is 15.0. The van der Waals surface area contributed by atoms with E-state index in [1.54, 1.807) is 4.90 Å². The summed E-state index contributed by atoms with van der Waals surface area (Å²) in [5.74, 6) is 0. The van der Waals surface area contributed by atoms with Crippen LogP contribution in [0.5, 0.6) is 0 Å². The van der Waals surface area contributed by atoms with Crippen molar-refractivity contribution in [2.45, 2.75) is 70.2 Å². The van der Waals surface area contributed by atoms with Gasteiger partial charge in [0.1, 0.15) is 6.15 Å². The van der Waals surface area contributed by atoms with Crippen molar-refractivity contribution in [1.82, 2.24) is 0 Å². The maximum Gasteiger partial charge on any atom is 0.413 e. The van der Waals surface area contributed by atoms with Crippen LogP contribution < -0.4 is 26.8 Å². The standard InChI is InChI=1S/C32H12BF24.C6H15N/c34-25(35,36)13-5-1-6-14(26(37,38)39)21(13)33(22-15(27(40,41)42)7-2-8-16(22)28(43,44)45,23-17(29(46,47)48)9-3-10-18(23)30(49,50)51)24-19(31(52,53)54)11-4-12-20(24)32(55,56)57;1-4-7(5-2)6-3/h1-12H;4-6H2,1-3H3/q-1;/p+1. The summed E-state index contributed by atoms with van der Waals surface area (Å²) in [6.07, 6.45) is -62.5. The number of hydrogen-bond donors (Lipinski definition) is 1. The minimum Gasteiger partial charge on any atom is -0.336 e. The summed E-state index contributed by atoms with van der Waals surface area (Å²) < 4.78 is 360. The predicted molar refractivity (Wildman–Crippen MR) is 183 cm³/mol. The van der Waals surface area contributed by atoms with Crippen molar-refractivity contribution >= 4 is 28.0 Å². The molecule has 0 saturated carbocycles. The van der Waals surface area contributed by atoms with E-state index in [0.717, 1.165) is 0 Å². The molecule has 0 amide bonds. The van der Waals surface area contributed by atoms with Crippen molar-refractivity contribution in [3.63, 3.8) is 0 Å². The first-order valence-electron chi connectivity index (χ1n) is 17.8. The molecule has 4 aromatic carbocycles. The van der Waals surface area contributed by atoms with Crippen LogP contribution in [0.4, 0.5) is 105 Å². The molecule has 1 N–H and O–H groups in total. The Kier molecular flexibility index (Phi) is 15.0. The Morgan fingerprint density at radius 1 is 0.281 bits per heavy atom. The van der Waals surface area contributed by atoms with Crippen molar-refractivity contribution in [2.24, 2.45) is 0 Å². The average Bonchev–Trinajstić information content (AvgIpc) is 3.13. The summed E-state index contributed by atoms with van der Waals surface area (Å²) in [5, 5.41) is 0. The van der Waals surface area contributed by atoms with E-state index in [2.05, 4.69) is 20.8 Å². The van der Waals surface area contributed by atoms with Gasteiger partial charge in [-0.05, 0) is 20.8 Å². The van der Waals surface area contributed by atoms with Crippen molar-refractivity contribution in [3.8, 4) is 0 Å². The first-order valence-corrected chi connectivity index (χ1v) is 17.8. The Morgan fingerprint density at radius 2 is 0.406 bits per heavy atom. The highest BCUT2D eigenvalue weighted by Gasteiger charge is 2.58. The quantitative estimate of drug-likeness (QED) is 0.139. The topological polar surface area (TPSA) is 4.44 Å². The Hall–Kier alpha value is -4.78. The summed E-state index contributed by atoms with van der Waals surface area (Å²) in [6, 6.07) is -8.09. The molecule has 0 heterocycles. The number of benzene rings is 4. The van der Waals surface area contributed by atoms with Crippen molar-refractivity contribution in [2.75, 3.05) is 19.6 Å². The van der Waals surface area contributed by atoms with Crippen LogP contribution in [0.15, 0.2) is 72.8 Å². The number of alkyl halides is 24. The predicted octanol–water partition coefficient (Wildman–Crippen LogP) is 11.1. The molecule has 1 nitrogen and oxygen atoms in total. The lowest BCUT2D eigenvalue weighted by Crippen LogP contribution is -3.11. The second-order valence-electron chi connectivity index (χ2n) is 13.7. The van der Waals surface area contributed by atoms with Gasteiger partial charge < -0.3 is 4.90 Å². The molecule has 0 aromatic heterocycles. The lowest BCUT2D eigenvalue weighted by molar-refractivity contribution is -0.894. The monoisotopic (exact) mass is 965 g/mol. The molecule has 0 saturated heterocycles. The van der Waals surface area contributed by atoms with Crippen LogP contribution in [0.25, 0.3) is 0 Å². The SMILES string of the molecule is CC[NH+](CC)CC.FC(F)(F)c1cccc(C(F)(F)F)c1[B-](c1c(C(F)(F)F)cccc1C(F)(F)F)(c1c(C(F)(F)F)cccc1C(F)(F)F)c1c(C(F)(F)F)cccc1C(F)(F)F. The highest BCUT2D eigenvalue weighted by atomic mass is 19.4. The third kappa shape index (κ3) is 10.8. The van der Waals surface area contributed by atoms with E-state index in [4.69, 9.17) is 0 Å². The Bertz CT molecular complexity index is 1800. The van der Waals surface area contributed by atoms with Gasteiger partial charge in [0, 0.05) is 44.5 Å². The molecule has 0 aliphatic carbocycles. The van der Waals surface area contributed by atoms with E-state index in [1.165, 1.54) is 19.6 Å². The van der Waals surface area contributed by atoms with Gasteiger partial charge in [-0.3, -0.25) is 0 Å². The van der Waals surface area contributed by atoms with Gasteiger partial charge in [-0.2, -0.15) is 127 Å². The average molecular weight is 965 g/mol. The van der Waals surface area contributed by atoms with Gasteiger partial charge in [0.25, 0.3) is 0 Å². The minimum absolute atomic E-state index is 0.406. The number of rotatable bonds is 7. The highest BCUT2D eigenvalue weighted by molar-refractivity contribution is 7.21. The fourth-order valence-electron chi connectivity index (χ4n) is 7.72. The molecule has 356 valence electrons. The fraction of sp³-hybridized carbons (Fsp3) is 0.368. The molecule has 26 heteroatoms. The summed E-state index contributed by atoms with van der Waals surface area (Å²) >= 11 is 0. The molecule has 0 fully saturated rings. The fourth-order valence-corrected chi connectivity index (χ4v) is 7.72. The minimum atomic E-state index is -7.76. The number of quaternary nitrogens is 1. The molecule has 64 heavy (non-hydrogen) atoms. The molecule has 0 aliphatic rings. The van der Waals surface area contributed by atoms with Gasteiger partial charge in [0.2, 0.25) is 0 Å². The Morgan fingerprint density at radius 3 is 0.484 bits per heavy atom. The van der Waals surface area contributed by atoms with Crippen LogP contribution in [-0.2, 0) is 49.4 Å². The van der Waals surface area contributed by atoms with Crippen LogP contribution in [-0.4, -0.2) is 25.8 Å². The largest absolute Gasteiger partial charge is 0.413 e. The molecule has 0 unspecified atom stereocenters. The first-order chi connectivity index (χ1) is 28.7. The van der Waals surface area contributed by atoms with E-state index >= 15 is 105 Å². The van der Waals surface area contributed by atoms with Crippen LogP contribution in [0.3, 0.4) is 0 Å². The van der Waals surface area contributed by atoms with Gasteiger partial charge in [0.05, 0.1) is 19.6 Å². The lowest BCUT2D eigenvalue weighted by Gasteiger charge is -2.52. The second kappa shape index (κ2) is 17.9.